The maximum Gasteiger partial charge on any atom is 0.352 e. The van der Waals surface area contributed by atoms with Crippen molar-refractivity contribution in [3.8, 4) is 0 Å². The molecule has 8 heteroatoms. The molecule has 3 aromatic carbocycles. The first-order chi connectivity index (χ1) is 14.3. The Hall–Kier alpha value is -1.63. The Morgan fingerprint density at radius 2 is 0.800 bits per heavy atom. The normalized spacial score (nSPS) is 32.2. The molecule has 0 spiro atoms. The highest BCUT2D eigenvalue weighted by atomic mass is 28.5. The topological polar surface area (TPSA) is 36.9 Å². The van der Waals surface area contributed by atoms with Crippen molar-refractivity contribution >= 4 is 50.5 Å². The molecule has 0 aliphatic carbocycles. The lowest BCUT2D eigenvalue weighted by atomic mass is 10.4. The van der Waals surface area contributed by atoms with E-state index >= 15 is 0 Å². The quantitative estimate of drug-likeness (QED) is 0.554. The first-order valence-corrected chi connectivity index (χ1v) is 19.3. The van der Waals surface area contributed by atoms with Gasteiger partial charge in [0.25, 0.3) is 0 Å². The summed E-state index contributed by atoms with van der Waals surface area (Å²) in [6, 6.07) is 30.9. The Morgan fingerprint density at radius 1 is 0.500 bits per heavy atom. The molecule has 0 amide bonds. The predicted molar refractivity (Wildman–Crippen MR) is 130 cm³/mol. The molecule has 0 saturated carbocycles. The van der Waals surface area contributed by atoms with Gasteiger partial charge >= 0.3 is 35.0 Å². The zero-order valence-corrected chi connectivity index (χ0v) is 22.0. The summed E-state index contributed by atoms with van der Waals surface area (Å²) in [6.07, 6.45) is 0. The van der Waals surface area contributed by atoms with E-state index in [2.05, 4.69) is 62.6 Å². The van der Waals surface area contributed by atoms with Crippen LogP contribution in [0.15, 0.2) is 91.0 Å². The van der Waals surface area contributed by atoms with Crippen LogP contribution in [0.4, 0.5) is 0 Å². The number of hydrogen-bond acceptors (Lipinski definition) is 4. The lowest BCUT2D eigenvalue weighted by Crippen LogP contribution is -2.73. The fourth-order valence-electron chi connectivity index (χ4n) is 4.06. The molecule has 3 aromatic rings. The van der Waals surface area contributed by atoms with Gasteiger partial charge in [0, 0.05) is 0 Å². The van der Waals surface area contributed by atoms with E-state index in [1.165, 1.54) is 0 Å². The van der Waals surface area contributed by atoms with Crippen molar-refractivity contribution in [3.05, 3.63) is 91.0 Å². The maximum absolute atomic E-state index is 7.05. The van der Waals surface area contributed by atoms with Crippen LogP contribution in [-0.4, -0.2) is 35.0 Å². The number of hydrogen-bond donors (Lipinski definition) is 0. The van der Waals surface area contributed by atoms with Crippen molar-refractivity contribution in [1.29, 1.82) is 0 Å². The van der Waals surface area contributed by atoms with Gasteiger partial charge in [-0.05, 0) is 41.7 Å². The molecule has 1 fully saturated rings. The Bertz CT molecular complexity index is 919. The highest BCUT2D eigenvalue weighted by molar-refractivity contribution is 7.01. The zero-order valence-electron chi connectivity index (χ0n) is 17.9. The fraction of sp³-hybridized carbons (Fsp3) is 0.182. The second kappa shape index (κ2) is 8.48. The minimum absolute atomic E-state index is 1.10. The lowest BCUT2D eigenvalue weighted by molar-refractivity contribution is 0.263. The largest absolute Gasteiger partial charge is 0.415 e. The third kappa shape index (κ3) is 4.36. The van der Waals surface area contributed by atoms with Crippen LogP contribution in [0.2, 0.25) is 26.2 Å². The minimum Gasteiger partial charge on any atom is -0.415 e. The van der Waals surface area contributed by atoms with Gasteiger partial charge in [-0.15, -0.1) is 0 Å². The van der Waals surface area contributed by atoms with E-state index < -0.39 is 35.0 Å². The average molecular weight is 469 g/mol. The van der Waals surface area contributed by atoms with Gasteiger partial charge in [0.2, 0.25) is 0 Å². The van der Waals surface area contributed by atoms with E-state index in [1.54, 1.807) is 0 Å². The summed E-state index contributed by atoms with van der Waals surface area (Å²) in [4.78, 5) is 0. The van der Waals surface area contributed by atoms with Crippen molar-refractivity contribution in [2.45, 2.75) is 26.2 Å². The highest BCUT2D eigenvalue weighted by Gasteiger charge is 2.54. The number of benzene rings is 3. The average Bonchev–Trinajstić information content (AvgIpc) is 2.74. The highest BCUT2D eigenvalue weighted by Crippen LogP contribution is 2.27. The van der Waals surface area contributed by atoms with E-state index in [1.807, 2.05) is 54.6 Å². The molecule has 1 aliphatic heterocycles. The third-order valence-corrected chi connectivity index (χ3v) is 22.1. The summed E-state index contributed by atoms with van der Waals surface area (Å²) in [5.41, 5.74) is 0. The van der Waals surface area contributed by atoms with Crippen molar-refractivity contribution in [2.75, 3.05) is 0 Å². The van der Waals surface area contributed by atoms with Gasteiger partial charge < -0.3 is 16.5 Å². The molecular formula is C22H28O4Si4. The van der Waals surface area contributed by atoms with Crippen LogP contribution in [-0.2, 0) is 16.5 Å². The van der Waals surface area contributed by atoms with Gasteiger partial charge in [-0.1, -0.05) is 91.0 Å². The van der Waals surface area contributed by atoms with Gasteiger partial charge in [0.1, 0.15) is 0 Å². The van der Waals surface area contributed by atoms with Crippen molar-refractivity contribution in [2.24, 2.45) is 0 Å². The van der Waals surface area contributed by atoms with Crippen LogP contribution in [0.3, 0.4) is 0 Å². The molecule has 4 rings (SSSR count). The van der Waals surface area contributed by atoms with E-state index in [9.17, 15) is 0 Å². The Labute approximate surface area is 184 Å². The molecule has 4 nitrogen and oxygen atoms in total. The molecule has 1 heterocycles. The molecule has 30 heavy (non-hydrogen) atoms. The summed E-state index contributed by atoms with van der Waals surface area (Å²) in [7, 11) is -10.4. The molecule has 0 radical (unpaired) electrons. The standard InChI is InChI=1S/C22H28O4Si4/c1-27-23-28(2,20-14-8-5-9-15-20)25-30(4,22-18-12-7-13-19-22)26-29(3,24-27)21-16-10-6-11-17-21/h5-19,27H,1-4H3. The summed E-state index contributed by atoms with van der Waals surface area (Å²) in [6.45, 7) is 8.47. The third-order valence-electron chi connectivity index (χ3n) is 5.46. The van der Waals surface area contributed by atoms with Crippen LogP contribution < -0.4 is 15.6 Å². The molecule has 156 valence electrons. The summed E-state index contributed by atoms with van der Waals surface area (Å²) in [5, 5.41) is 3.31. The molecule has 1 saturated heterocycles. The summed E-state index contributed by atoms with van der Waals surface area (Å²) >= 11 is 0. The van der Waals surface area contributed by atoms with E-state index in [4.69, 9.17) is 16.5 Å². The molecule has 0 bridgehead atoms. The van der Waals surface area contributed by atoms with Crippen molar-refractivity contribution < 1.29 is 16.5 Å². The monoisotopic (exact) mass is 468 g/mol. The van der Waals surface area contributed by atoms with Gasteiger partial charge in [0.05, 0.1) is 0 Å². The van der Waals surface area contributed by atoms with E-state index in [0.29, 0.717) is 0 Å². The molecule has 0 N–H and O–H groups in total. The zero-order chi connectivity index (χ0) is 21.2. The van der Waals surface area contributed by atoms with Gasteiger partial charge in [-0.25, -0.2) is 0 Å². The van der Waals surface area contributed by atoms with Gasteiger partial charge in [-0.2, -0.15) is 0 Å². The minimum atomic E-state index is -2.87. The van der Waals surface area contributed by atoms with Gasteiger partial charge in [-0.3, -0.25) is 0 Å². The first-order valence-electron chi connectivity index (χ1n) is 10.3. The molecule has 2 atom stereocenters. The predicted octanol–water partition coefficient (Wildman–Crippen LogP) is 2.85. The van der Waals surface area contributed by atoms with E-state index in [-0.39, 0.29) is 0 Å². The lowest BCUT2D eigenvalue weighted by Gasteiger charge is -2.46. The van der Waals surface area contributed by atoms with E-state index in [0.717, 1.165) is 15.6 Å². The Morgan fingerprint density at radius 3 is 1.13 bits per heavy atom. The van der Waals surface area contributed by atoms with Crippen molar-refractivity contribution in [3.63, 3.8) is 0 Å². The number of rotatable bonds is 3. The maximum atomic E-state index is 7.05. The first kappa shape index (κ1) is 21.6. The van der Waals surface area contributed by atoms with Gasteiger partial charge in [0.15, 0.2) is 0 Å². The second-order valence-electron chi connectivity index (χ2n) is 7.94. The van der Waals surface area contributed by atoms with Crippen LogP contribution >= 0.6 is 0 Å². The van der Waals surface area contributed by atoms with Crippen LogP contribution in [0.1, 0.15) is 0 Å². The van der Waals surface area contributed by atoms with Crippen molar-refractivity contribution in [1.82, 2.24) is 0 Å². The Balaban J connectivity index is 1.83. The Kier molecular flexibility index (Phi) is 6.10. The molecule has 1 aliphatic rings. The second-order valence-corrected chi connectivity index (χ2v) is 20.0. The molecule has 2 unspecified atom stereocenters. The SMILES string of the molecule is C[SiH]1O[Si](C)(c2ccccc2)O[Si](C)(c2ccccc2)O[Si](C)(c2ccccc2)O1. The smallest absolute Gasteiger partial charge is 0.352 e. The summed E-state index contributed by atoms with van der Waals surface area (Å²) in [5.74, 6) is 0. The van der Waals surface area contributed by atoms with Crippen LogP contribution in [0.25, 0.3) is 0 Å². The molecular weight excluding hydrogens is 441 g/mol. The summed E-state index contributed by atoms with van der Waals surface area (Å²) < 4.78 is 27.5. The van der Waals surface area contributed by atoms with Crippen LogP contribution in [0, 0.1) is 0 Å². The molecule has 0 aromatic heterocycles. The van der Waals surface area contributed by atoms with Crippen LogP contribution in [0.5, 0.6) is 0 Å². The fourth-order valence-corrected chi connectivity index (χ4v) is 22.9.